The zero-order chi connectivity index (χ0) is 15.1. The Morgan fingerprint density at radius 3 is 2.60 bits per heavy atom. The summed E-state index contributed by atoms with van der Waals surface area (Å²) in [6.07, 6.45) is -0.0822. The molecule has 0 bridgehead atoms. The van der Waals surface area contributed by atoms with Crippen LogP contribution in [-0.4, -0.2) is 36.1 Å². The molecule has 0 aromatic heterocycles. The molecule has 2 N–H and O–H groups in total. The van der Waals surface area contributed by atoms with Crippen molar-refractivity contribution in [2.45, 2.75) is 25.8 Å². The van der Waals surface area contributed by atoms with Crippen molar-refractivity contribution in [2.24, 2.45) is 0 Å². The number of hydrogen-bond donors (Lipinski definition) is 2. The van der Waals surface area contributed by atoms with Crippen molar-refractivity contribution in [2.75, 3.05) is 7.11 Å². The lowest BCUT2D eigenvalue weighted by Crippen LogP contribution is -2.41. The first-order chi connectivity index (χ1) is 9.43. The van der Waals surface area contributed by atoms with Crippen LogP contribution in [0.15, 0.2) is 24.3 Å². The highest BCUT2D eigenvalue weighted by molar-refractivity contribution is 5.96. The normalized spacial score (nSPS) is 11.5. The molecule has 1 atom stereocenters. The molecule has 0 unspecified atom stereocenters. The number of carboxylic acid groups (broad SMARTS) is 1. The summed E-state index contributed by atoms with van der Waals surface area (Å²) in [6.45, 7) is 1.84. The SMILES string of the molecule is COC(=O)CC[C@@H](NC(=O)c1cccc(C)c1)C(=O)O. The van der Waals surface area contributed by atoms with Gasteiger partial charge in [-0.15, -0.1) is 0 Å². The number of carbonyl (C=O) groups excluding carboxylic acids is 2. The van der Waals surface area contributed by atoms with E-state index < -0.39 is 23.9 Å². The van der Waals surface area contributed by atoms with E-state index in [1.165, 1.54) is 7.11 Å². The molecule has 0 fully saturated rings. The number of methoxy groups -OCH3 is 1. The number of aryl methyl sites for hydroxylation is 1. The third-order valence-electron chi connectivity index (χ3n) is 2.75. The molecular weight excluding hydrogens is 262 g/mol. The van der Waals surface area contributed by atoms with Crippen molar-refractivity contribution < 1.29 is 24.2 Å². The summed E-state index contributed by atoms with van der Waals surface area (Å²) in [6, 6.07) is 5.69. The Balaban J connectivity index is 2.68. The van der Waals surface area contributed by atoms with Crippen LogP contribution in [0, 0.1) is 6.92 Å². The average Bonchev–Trinajstić information content (AvgIpc) is 2.42. The van der Waals surface area contributed by atoms with Gasteiger partial charge >= 0.3 is 11.9 Å². The molecule has 6 nitrogen and oxygen atoms in total. The third kappa shape index (κ3) is 4.72. The minimum atomic E-state index is -1.19. The maximum atomic E-state index is 11.9. The molecule has 1 aromatic rings. The van der Waals surface area contributed by atoms with E-state index in [1.807, 2.05) is 13.0 Å². The maximum Gasteiger partial charge on any atom is 0.326 e. The van der Waals surface area contributed by atoms with Crippen LogP contribution < -0.4 is 5.32 Å². The number of esters is 1. The summed E-state index contributed by atoms with van der Waals surface area (Å²) in [5.41, 5.74) is 1.29. The molecule has 108 valence electrons. The molecule has 0 aliphatic carbocycles. The van der Waals surface area contributed by atoms with Gasteiger partial charge in [-0.25, -0.2) is 4.79 Å². The van der Waals surface area contributed by atoms with Gasteiger partial charge in [0.1, 0.15) is 6.04 Å². The van der Waals surface area contributed by atoms with Gasteiger partial charge in [-0.2, -0.15) is 0 Å². The summed E-state index contributed by atoms with van der Waals surface area (Å²) in [4.78, 5) is 34.0. The minimum absolute atomic E-state index is 0.0143. The predicted octanol–water partition coefficient (Wildman–Crippen LogP) is 1.13. The highest BCUT2D eigenvalue weighted by Crippen LogP contribution is 2.06. The molecular formula is C14H17NO5. The van der Waals surface area contributed by atoms with Crippen molar-refractivity contribution in [3.8, 4) is 0 Å². The monoisotopic (exact) mass is 279 g/mol. The van der Waals surface area contributed by atoms with Crippen molar-refractivity contribution >= 4 is 17.8 Å². The fraction of sp³-hybridized carbons (Fsp3) is 0.357. The van der Waals surface area contributed by atoms with E-state index in [1.54, 1.807) is 18.2 Å². The van der Waals surface area contributed by atoms with Crippen LogP contribution in [0.25, 0.3) is 0 Å². The minimum Gasteiger partial charge on any atom is -0.480 e. The first-order valence-electron chi connectivity index (χ1n) is 6.11. The van der Waals surface area contributed by atoms with Crippen LogP contribution in [0.4, 0.5) is 0 Å². The number of ether oxygens (including phenoxy) is 1. The van der Waals surface area contributed by atoms with Crippen LogP contribution in [0.5, 0.6) is 0 Å². The number of nitrogens with one attached hydrogen (secondary N) is 1. The summed E-state index contributed by atoms with van der Waals surface area (Å²) in [5.74, 6) is -2.18. The highest BCUT2D eigenvalue weighted by Gasteiger charge is 2.21. The van der Waals surface area contributed by atoms with E-state index in [2.05, 4.69) is 10.1 Å². The van der Waals surface area contributed by atoms with E-state index in [9.17, 15) is 14.4 Å². The molecule has 0 spiro atoms. The van der Waals surface area contributed by atoms with Gasteiger partial charge in [-0.05, 0) is 25.5 Å². The lowest BCUT2D eigenvalue weighted by Gasteiger charge is -2.14. The van der Waals surface area contributed by atoms with Gasteiger partial charge in [-0.3, -0.25) is 9.59 Å². The average molecular weight is 279 g/mol. The topological polar surface area (TPSA) is 92.7 Å². The standard InChI is InChI=1S/C14H17NO5/c1-9-4-3-5-10(8-9)13(17)15-11(14(18)19)6-7-12(16)20-2/h3-5,8,11H,6-7H2,1-2H3,(H,15,17)(H,18,19)/t11-/m1/s1. The Kier molecular flexibility index (Phi) is 5.71. The van der Waals surface area contributed by atoms with E-state index >= 15 is 0 Å². The van der Waals surface area contributed by atoms with Crippen LogP contribution in [-0.2, 0) is 14.3 Å². The number of hydrogen-bond acceptors (Lipinski definition) is 4. The summed E-state index contributed by atoms with van der Waals surface area (Å²) in [5, 5.41) is 11.4. The quantitative estimate of drug-likeness (QED) is 0.761. The summed E-state index contributed by atoms with van der Waals surface area (Å²) in [7, 11) is 1.23. The van der Waals surface area contributed by atoms with E-state index in [4.69, 9.17) is 5.11 Å². The number of carboxylic acids is 1. The Morgan fingerprint density at radius 2 is 2.05 bits per heavy atom. The molecule has 0 aliphatic heterocycles. The first-order valence-corrected chi connectivity index (χ1v) is 6.11. The van der Waals surface area contributed by atoms with Crippen LogP contribution in [0.1, 0.15) is 28.8 Å². The van der Waals surface area contributed by atoms with Gasteiger partial charge in [0, 0.05) is 12.0 Å². The largest absolute Gasteiger partial charge is 0.480 e. The second-order valence-corrected chi connectivity index (χ2v) is 4.35. The number of amides is 1. The van der Waals surface area contributed by atoms with Crippen molar-refractivity contribution in [3.63, 3.8) is 0 Å². The van der Waals surface area contributed by atoms with Crippen molar-refractivity contribution in [1.29, 1.82) is 0 Å². The van der Waals surface area contributed by atoms with E-state index in [0.717, 1.165) is 5.56 Å². The van der Waals surface area contributed by atoms with E-state index in [0.29, 0.717) is 5.56 Å². The van der Waals surface area contributed by atoms with Crippen LogP contribution in [0.3, 0.4) is 0 Å². The smallest absolute Gasteiger partial charge is 0.326 e. The van der Waals surface area contributed by atoms with Crippen molar-refractivity contribution in [3.05, 3.63) is 35.4 Å². The van der Waals surface area contributed by atoms with Gasteiger partial charge in [0.05, 0.1) is 7.11 Å². The Bertz CT molecular complexity index is 512. The van der Waals surface area contributed by atoms with Gasteiger partial charge in [0.15, 0.2) is 0 Å². The number of rotatable bonds is 6. The Morgan fingerprint density at radius 1 is 1.35 bits per heavy atom. The lowest BCUT2D eigenvalue weighted by atomic mass is 10.1. The molecule has 6 heteroatoms. The molecule has 0 saturated heterocycles. The Hall–Kier alpha value is -2.37. The highest BCUT2D eigenvalue weighted by atomic mass is 16.5. The number of aliphatic carboxylic acids is 1. The van der Waals surface area contributed by atoms with Crippen LogP contribution >= 0.6 is 0 Å². The van der Waals surface area contributed by atoms with Gasteiger partial charge in [0.2, 0.25) is 0 Å². The zero-order valence-corrected chi connectivity index (χ0v) is 11.4. The summed E-state index contributed by atoms with van der Waals surface area (Å²) < 4.78 is 4.44. The van der Waals surface area contributed by atoms with Gasteiger partial charge < -0.3 is 15.2 Å². The molecule has 0 radical (unpaired) electrons. The first kappa shape index (κ1) is 15.7. The molecule has 1 rings (SSSR count). The van der Waals surface area contributed by atoms with E-state index in [-0.39, 0.29) is 12.8 Å². The fourth-order valence-electron chi connectivity index (χ4n) is 1.65. The predicted molar refractivity (Wildman–Crippen MR) is 71.3 cm³/mol. The third-order valence-corrected chi connectivity index (χ3v) is 2.75. The molecule has 1 aromatic carbocycles. The number of carbonyl (C=O) groups is 3. The molecule has 0 heterocycles. The molecule has 0 aliphatic rings. The van der Waals surface area contributed by atoms with Gasteiger partial charge in [-0.1, -0.05) is 17.7 Å². The van der Waals surface area contributed by atoms with Crippen molar-refractivity contribution in [1.82, 2.24) is 5.32 Å². The molecule has 0 saturated carbocycles. The number of benzene rings is 1. The maximum absolute atomic E-state index is 11.9. The zero-order valence-electron chi connectivity index (χ0n) is 11.4. The summed E-state index contributed by atoms with van der Waals surface area (Å²) >= 11 is 0. The fourth-order valence-corrected chi connectivity index (χ4v) is 1.65. The second-order valence-electron chi connectivity index (χ2n) is 4.35. The second kappa shape index (κ2) is 7.28. The lowest BCUT2D eigenvalue weighted by molar-refractivity contribution is -0.142. The van der Waals surface area contributed by atoms with Gasteiger partial charge in [0.25, 0.3) is 5.91 Å². The Labute approximate surface area is 116 Å². The van der Waals surface area contributed by atoms with Crippen LogP contribution in [0.2, 0.25) is 0 Å². The molecule has 1 amide bonds. The molecule has 20 heavy (non-hydrogen) atoms.